The standard InChI is InChI=1S/C12H20BrN3O/c1-3-16-11(12(13)9(2)14-16)7-15-6-4-5-10(15)8-17/h10,17H,3-8H2,1-2H3/t10-/m1/s1. The number of hydrogen-bond donors (Lipinski definition) is 1. The molecular formula is C12H20BrN3O. The van der Waals surface area contributed by atoms with Crippen molar-refractivity contribution in [1.29, 1.82) is 0 Å². The third-order valence-electron chi connectivity index (χ3n) is 3.52. The van der Waals surface area contributed by atoms with Gasteiger partial charge in [-0.1, -0.05) is 0 Å². The molecule has 1 N–H and O–H groups in total. The van der Waals surface area contributed by atoms with Gasteiger partial charge >= 0.3 is 0 Å². The van der Waals surface area contributed by atoms with Crippen molar-refractivity contribution in [3.8, 4) is 0 Å². The van der Waals surface area contributed by atoms with E-state index in [0.29, 0.717) is 6.04 Å². The predicted octanol–water partition coefficient (Wildman–Crippen LogP) is 1.93. The van der Waals surface area contributed by atoms with Crippen molar-refractivity contribution in [2.45, 2.75) is 45.8 Å². The van der Waals surface area contributed by atoms with E-state index in [4.69, 9.17) is 0 Å². The molecule has 0 bridgehead atoms. The molecule has 2 heterocycles. The Labute approximate surface area is 111 Å². The highest BCUT2D eigenvalue weighted by atomic mass is 79.9. The largest absolute Gasteiger partial charge is 0.395 e. The molecule has 1 aromatic rings. The normalized spacial score (nSPS) is 21.3. The third kappa shape index (κ3) is 2.56. The molecule has 0 saturated carbocycles. The Hall–Kier alpha value is -0.390. The van der Waals surface area contributed by atoms with Crippen LogP contribution in [0, 0.1) is 6.92 Å². The number of aromatic nitrogens is 2. The Morgan fingerprint density at radius 1 is 1.53 bits per heavy atom. The molecule has 17 heavy (non-hydrogen) atoms. The fourth-order valence-corrected chi connectivity index (χ4v) is 2.93. The average Bonchev–Trinajstić information content (AvgIpc) is 2.88. The van der Waals surface area contributed by atoms with E-state index >= 15 is 0 Å². The van der Waals surface area contributed by atoms with Gasteiger partial charge in [0.2, 0.25) is 0 Å². The van der Waals surface area contributed by atoms with Crippen molar-refractivity contribution >= 4 is 15.9 Å². The minimum absolute atomic E-state index is 0.261. The van der Waals surface area contributed by atoms with Crippen LogP contribution < -0.4 is 0 Å². The Bertz CT molecular complexity index is 391. The summed E-state index contributed by atoms with van der Waals surface area (Å²) in [4.78, 5) is 2.35. The van der Waals surface area contributed by atoms with E-state index < -0.39 is 0 Å². The summed E-state index contributed by atoms with van der Waals surface area (Å²) in [7, 11) is 0. The van der Waals surface area contributed by atoms with E-state index in [9.17, 15) is 5.11 Å². The topological polar surface area (TPSA) is 41.3 Å². The zero-order valence-corrected chi connectivity index (χ0v) is 12.1. The van der Waals surface area contributed by atoms with Gasteiger partial charge in [0, 0.05) is 19.1 Å². The molecular weight excluding hydrogens is 282 g/mol. The van der Waals surface area contributed by atoms with E-state index in [1.165, 1.54) is 12.1 Å². The summed E-state index contributed by atoms with van der Waals surface area (Å²) in [5.74, 6) is 0. The first kappa shape index (κ1) is 13.1. The van der Waals surface area contributed by atoms with Crippen molar-refractivity contribution in [1.82, 2.24) is 14.7 Å². The molecule has 1 fully saturated rings. The van der Waals surface area contributed by atoms with E-state index in [-0.39, 0.29) is 6.61 Å². The summed E-state index contributed by atoms with van der Waals surface area (Å²) in [6.45, 7) is 7.23. The molecule has 1 atom stereocenters. The van der Waals surface area contributed by atoms with Gasteiger partial charge in [0.25, 0.3) is 0 Å². The zero-order valence-electron chi connectivity index (χ0n) is 10.5. The van der Waals surface area contributed by atoms with E-state index in [0.717, 1.165) is 36.2 Å². The maximum Gasteiger partial charge on any atom is 0.0739 e. The second-order valence-corrected chi connectivity index (χ2v) is 5.40. The van der Waals surface area contributed by atoms with Crippen LogP contribution in [0.2, 0.25) is 0 Å². The SMILES string of the molecule is CCn1nc(C)c(Br)c1CN1CCC[C@@H]1CO. The smallest absolute Gasteiger partial charge is 0.0739 e. The molecule has 0 spiro atoms. The van der Waals surface area contributed by atoms with Crippen molar-refractivity contribution in [2.24, 2.45) is 0 Å². The lowest BCUT2D eigenvalue weighted by atomic mass is 10.2. The Kier molecular flexibility index (Phi) is 4.22. The monoisotopic (exact) mass is 301 g/mol. The van der Waals surface area contributed by atoms with E-state index in [2.05, 4.69) is 32.9 Å². The van der Waals surface area contributed by atoms with Crippen LogP contribution >= 0.6 is 15.9 Å². The number of aliphatic hydroxyl groups is 1. The first-order valence-corrected chi connectivity index (χ1v) is 7.03. The quantitative estimate of drug-likeness (QED) is 0.924. The Morgan fingerprint density at radius 3 is 2.94 bits per heavy atom. The molecule has 1 aliphatic heterocycles. The van der Waals surface area contributed by atoms with Gasteiger partial charge in [-0.05, 0) is 49.2 Å². The Morgan fingerprint density at radius 2 is 2.29 bits per heavy atom. The summed E-state index contributed by atoms with van der Waals surface area (Å²) in [6.07, 6.45) is 2.29. The van der Waals surface area contributed by atoms with Gasteiger partial charge in [-0.15, -0.1) is 0 Å². The van der Waals surface area contributed by atoms with Gasteiger partial charge in [-0.2, -0.15) is 5.10 Å². The van der Waals surface area contributed by atoms with Gasteiger partial charge in [0.15, 0.2) is 0 Å². The molecule has 0 amide bonds. The lowest BCUT2D eigenvalue weighted by Gasteiger charge is -2.23. The van der Waals surface area contributed by atoms with E-state index in [1.54, 1.807) is 0 Å². The molecule has 96 valence electrons. The fraction of sp³-hybridized carbons (Fsp3) is 0.750. The lowest BCUT2D eigenvalue weighted by Crippen LogP contribution is -2.32. The molecule has 1 aromatic heterocycles. The van der Waals surface area contributed by atoms with Gasteiger partial charge in [0.05, 0.1) is 22.5 Å². The van der Waals surface area contributed by atoms with Crippen LogP contribution in [0.3, 0.4) is 0 Å². The second kappa shape index (κ2) is 5.50. The molecule has 1 saturated heterocycles. The van der Waals surface area contributed by atoms with Crippen molar-refractivity contribution < 1.29 is 5.11 Å². The van der Waals surface area contributed by atoms with Gasteiger partial charge < -0.3 is 5.11 Å². The van der Waals surface area contributed by atoms with Gasteiger partial charge in [0.1, 0.15) is 0 Å². The summed E-state index contributed by atoms with van der Waals surface area (Å²) in [6, 6.07) is 0.322. The minimum atomic E-state index is 0.261. The number of halogens is 1. The van der Waals surface area contributed by atoms with Crippen LogP contribution in [0.1, 0.15) is 31.2 Å². The van der Waals surface area contributed by atoms with Crippen LogP contribution in [0.4, 0.5) is 0 Å². The first-order valence-electron chi connectivity index (χ1n) is 6.24. The Balaban J connectivity index is 2.17. The van der Waals surface area contributed by atoms with Crippen LogP contribution in [0.15, 0.2) is 4.47 Å². The third-order valence-corrected chi connectivity index (χ3v) is 4.55. The zero-order chi connectivity index (χ0) is 12.4. The molecule has 0 aromatic carbocycles. The number of likely N-dealkylation sites (tertiary alicyclic amines) is 1. The molecule has 4 nitrogen and oxygen atoms in total. The fourth-order valence-electron chi connectivity index (χ4n) is 2.52. The number of aliphatic hydroxyl groups excluding tert-OH is 1. The molecule has 0 unspecified atom stereocenters. The number of aryl methyl sites for hydroxylation is 2. The second-order valence-electron chi connectivity index (χ2n) is 4.61. The molecule has 1 aliphatic rings. The predicted molar refractivity (Wildman–Crippen MR) is 70.9 cm³/mol. The minimum Gasteiger partial charge on any atom is -0.395 e. The maximum absolute atomic E-state index is 9.34. The summed E-state index contributed by atoms with van der Waals surface area (Å²) in [5.41, 5.74) is 2.27. The highest BCUT2D eigenvalue weighted by molar-refractivity contribution is 9.10. The summed E-state index contributed by atoms with van der Waals surface area (Å²) in [5, 5.41) is 13.8. The molecule has 0 radical (unpaired) electrons. The van der Waals surface area contributed by atoms with Crippen LogP contribution in [-0.4, -0.2) is 39.0 Å². The lowest BCUT2D eigenvalue weighted by molar-refractivity contribution is 0.150. The number of hydrogen-bond acceptors (Lipinski definition) is 3. The van der Waals surface area contributed by atoms with Crippen molar-refractivity contribution in [3.63, 3.8) is 0 Å². The van der Waals surface area contributed by atoms with Gasteiger partial charge in [-0.25, -0.2) is 0 Å². The highest BCUT2D eigenvalue weighted by Gasteiger charge is 2.26. The van der Waals surface area contributed by atoms with Gasteiger partial charge in [-0.3, -0.25) is 9.58 Å². The number of rotatable bonds is 4. The summed E-state index contributed by atoms with van der Waals surface area (Å²) < 4.78 is 3.16. The van der Waals surface area contributed by atoms with Crippen molar-refractivity contribution in [2.75, 3.05) is 13.2 Å². The van der Waals surface area contributed by atoms with Crippen LogP contribution in [0.5, 0.6) is 0 Å². The van der Waals surface area contributed by atoms with E-state index in [1.807, 2.05) is 11.6 Å². The maximum atomic E-state index is 9.34. The molecule has 5 heteroatoms. The number of nitrogens with zero attached hydrogens (tertiary/aromatic N) is 3. The van der Waals surface area contributed by atoms with Crippen molar-refractivity contribution in [3.05, 3.63) is 15.9 Å². The summed E-state index contributed by atoms with van der Waals surface area (Å²) >= 11 is 3.62. The molecule has 0 aliphatic carbocycles. The first-order chi connectivity index (χ1) is 8.17. The van der Waals surface area contributed by atoms with Crippen LogP contribution in [-0.2, 0) is 13.1 Å². The molecule has 2 rings (SSSR count). The highest BCUT2D eigenvalue weighted by Crippen LogP contribution is 2.26. The average molecular weight is 302 g/mol. The van der Waals surface area contributed by atoms with Crippen LogP contribution in [0.25, 0.3) is 0 Å².